The van der Waals surface area contributed by atoms with Crippen LogP contribution >= 0.6 is 0 Å². The number of rotatable bonds is 12. The minimum Gasteiger partial charge on any atom is -0.484 e. The highest BCUT2D eigenvalue weighted by Crippen LogP contribution is 2.50. The molecule has 0 bridgehead atoms. The highest BCUT2D eigenvalue weighted by atomic mass is 19.4. The number of benzene rings is 2. The fourth-order valence-electron chi connectivity index (χ4n) is 5.68. The summed E-state index contributed by atoms with van der Waals surface area (Å²) in [5.74, 6) is -0.699. The Hall–Kier alpha value is -2.61. The van der Waals surface area contributed by atoms with Gasteiger partial charge in [0.2, 0.25) is 0 Å². The van der Waals surface area contributed by atoms with Gasteiger partial charge in [0.25, 0.3) is 0 Å². The van der Waals surface area contributed by atoms with Crippen molar-refractivity contribution in [1.29, 1.82) is 0 Å². The van der Waals surface area contributed by atoms with Gasteiger partial charge in [-0.1, -0.05) is 32.0 Å². The fourth-order valence-corrected chi connectivity index (χ4v) is 5.68. The van der Waals surface area contributed by atoms with E-state index in [1.54, 1.807) is 24.3 Å². The molecular formula is C28H35F4NO3. The van der Waals surface area contributed by atoms with Gasteiger partial charge in [0.05, 0.1) is 6.42 Å². The van der Waals surface area contributed by atoms with Gasteiger partial charge in [-0.15, -0.1) is 0 Å². The van der Waals surface area contributed by atoms with Gasteiger partial charge in [0.15, 0.2) is 6.61 Å². The van der Waals surface area contributed by atoms with Crippen LogP contribution in [0.3, 0.4) is 0 Å². The first kappa shape index (κ1) is 28.0. The molecule has 1 aliphatic carbocycles. The Balaban J connectivity index is 1.55. The van der Waals surface area contributed by atoms with Crippen molar-refractivity contribution in [3.05, 3.63) is 65.0 Å². The summed E-state index contributed by atoms with van der Waals surface area (Å²) in [5, 5.41) is 13.2. The molecule has 2 aromatic carbocycles. The average molecular weight is 510 g/mol. The highest BCUT2D eigenvalue weighted by Gasteiger charge is 2.47. The van der Waals surface area contributed by atoms with E-state index < -0.39 is 24.2 Å². The van der Waals surface area contributed by atoms with E-state index in [-0.39, 0.29) is 29.8 Å². The summed E-state index contributed by atoms with van der Waals surface area (Å²) >= 11 is 0. The van der Waals surface area contributed by atoms with E-state index in [2.05, 4.69) is 5.32 Å². The zero-order valence-corrected chi connectivity index (χ0v) is 20.8. The summed E-state index contributed by atoms with van der Waals surface area (Å²) in [6.07, 6.45) is -0.488. The molecule has 36 heavy (non-hydrogen) atoms. The fraction of sp³-hybridized carbons (Fsp3) is 0.536. The Kier molecular flexibility index (Phi) is 9.39. The molecular weight excluding hydrogens is 474 g/mol. The Morgan fingerprint density at radius 3 is 2.67 bits per heavy atom. The zero-order chi connectivity index (χ0) is 26.3. The zero-order valence-electron chi connectivity index (χ0n) is 20.8. The molecule has 1 aliphatic rings. The number of fused-ring (bicyclic) bond motifs is 1. The van der Waals surface area contributed by atoms with E-state index in [1.807, 2.05) is 19.9 Å². The molecule has 0 spiro atoms. The molecule has 2 N–H and O–H groups in total. The monoisotopic (exact) mass is 509 g/mol. The summed E-state index contributed by atoms with van der Waals surface area (Å²) in [5.41, 5.74) is 2.24. The number of hydrogen-bond acceptors (Lipinski definition) is 3. The van der Waals surface area contributed by atoms with Crippen LogP contribution in [0.5, 0.6) is 5.75 Å². The van der Waals surface area contributed by atoms with Crippen molar-refractivity contribution in [3.63, 3.8) is 0 Å². The normalized spacial score (nSPS) is 19.8. The van der Waals surface area contributed by atoms with Crippen molar-refractivity contribution in [1.82, 2.24) is 5.32 Å². The Morgan fingerprint density at radius 1 is 1.19 bits per heavy atom. The largest absolute Gasteiger partial charge is 0.484 e. The number of hydrogen-bond donors (Lipinski definition) is 2. The Bertz CT molecular complexity index is 1020. The van der Waals surface area contributed by atoms with Crippen molar-refractivity contribution >= 4 is 5.97 Å². The van der Waals surface area contributed by atoms with Crippen LogP contribution < -0.4 is 10.1 Å². The van der Waals surface area contributed by atoms with Crippen molar-refractivity contribution < 1.29 is 32.2 Å². The summed E-state index contributed by atoms with van der Waals surface area (Å²) in [4.78, 5) is 11.9. The Labute approximate surface area is 210 Å². The number of carbonyl (C=O) groups is 1. The van der Waals surface area contributed by atoms with Crippen LogP contribution in [-0.4, -0.2) is 36.9 Å². The summed E-state index contributed by atoms with van der Waals surface area (Å²) in [7, 11) is 0. The van der Waals surface area contributed by atoms with Gasteiger partial charge >= 0.3 is 12.1 Å². The van der Waals surface area contributed by atoms with Gasteiger partial charge in [0, 0.05) is 5.41 Å². The lowest BCUT2D eigenvalue weighted by molar-refractivity contribution is -0.153. The molecule has 0 saturated carbocycles. The number of alkyl halides is 3. The van der Waals surface area contributed by atoms with E-state index in [4.69, 9.17) is 4.74 Å². The van der Waals surface area contributed by atoms with E-state index in [0.717, 1.165) is 55.5 Å². The first-order valence-corrected chi connectivity index (χ1v) is 12.5. The smallest absolute Gasteiger partial charge is 0.422 e. The van der Waals surface area contributed by atoms with Crippen LogP contribution in [0.1, 0.15) is 56.2 Å². The third-order valence-electron chi connectivity index (χ3n) is 7.32. The first-order chi connectivity index (χ1) is 17.0. The molecule has 0 fully saturated rings. The van der Waals surface area contributed by atoms with E-state index in [9.17, 15) is 27.5 Å². The van der Waals surface area contributed by atoms with Gasteiger partial charge in [-0.3, -0.25) is 4.79 Å². The Morgan fingerprint density at radius 2 is 1.97 bits per heavy atom. The molecule has 3 rings (SSSR count). The topological polar surface area (TPSA) is 58.6 Å². The standard InChI is InChI=1S/C28H35F4NO3/c1-19(2)27(17-26(34)35)22(9-8-21-16-23(29)10-11-25(21)27)12-14-33-13-4-6-20-5-3-7-24(15-20)36-18-28(30,31)32/h3,5,7,10-11,15-16,19,22,33H,4,6,8-9,12-14,17-18H2,1-2H3,(H,34,35). The number of nitrogens with one attached hydrogen (secondary N) is 1. The molecule has 0 aromatic heterocycles. The van der Waals surface area contributed by atoms with Gasteiger partial charge in [0.1, 0.15) is 11.6 Å². The lowest BCUT2D eigenvalue weighted by Gasteiger charge is -2.48. The van der Waals surface area contributed by atoms with E-state index in [1.165, 1.54) is 12.1 Å². The summed E-state index contributed by atoms with van der Waals surface area (Å²) in [6.45, 7) is 4.25. The van der Waals surface area contributed by atoms with Crippen LogP contribution in [0.2, 0.25) is 0 Å². The quantitative estimate of drug-likeness (QED) is 0.260. The average Bonchev–Trinajstić information content (AvgIpc) is 2.80. The molecule has 0 saturated heterocycles. The third kappa shape index (κ3) is 7.21. The SMILES string of the molecule is CC(C)C1(CC(=O)O)c2ccc(F)cc2CCC1CCNCCCc1cccc(OCC(F)(F)F)c1. The lowest BCUT2D eigenvalue weighted by Crippen LogP contribution is -2.46. The maximum absolute atomic E-state index is 13.9. The number of aliphatic carboxylic acids is 1. The minimum absolute atomic E-state index is 0.0146. The molecule has 0 heterocycles. The van der Waals surface area contributed by atoms with Gasteiger partial charge < -0.3 is 15.2 Å². The molecule has 0 radical (unpaired) electrons. The minimum atomic E-state index is -4.37. The second-order valence-electron chi connectivity index (χ2n) is 10.00. The second kappa shape index (κ2) is 12.1. The summed E-state index contributed by atoms with van der Waals surface area (Å²) in [6, 6.07) is 11.5. The number of halogens is 4. The van der Waals surface area contributed by atoms with Crippen molar-refractivity contribution in [2.24, 2.45) is 11.8 Å². The van der Waals surface area contributed by atoms with E-state index in [0.29, 0.717) is 6.42 Å². The van der Waals surface area contributed by atoms with Gasteiger partial charge in [-0.2, -0.15) is 13.2 Å². The third-order valence-corrected chi connectivity index (χ3v) is 7.32. The number of aryl methyl sites for hydroxylation is 2. The molecule has 4 nitrogen and oxygen atoms in total. The van der Waals surface area contributed by atoms with Crippen molar-refractivity contribution in [2.45, 2.75) is 64.0 Å². The molecule has 198 valence electrons. The molecule has 0 amide bonds. The number of carboxylic acids is 1. The highest BCUT2D eigenvalue weighted by molar-refractivity contribution is 5.70. The van der Waals surface area contributed by atoms with Crippen molar-refractivity contribution in [2.75, 3.05) is 19.7 Å². The maximum Gasteiger partial charge on any atom is 0.422 e. The first-order valence-electron chi connectivity index (χ1n) is 12.5. The molecule has 2 atom stereocenters. The van der Waals surface area contributed by atoms with Crippen LogP contribution in [0.15, 0.2) is 42.5 Å². The number of ether oxygens (including phenoxy) is 1. The van der Waals surface area contributed by atoms with Crippen LogP contribution in [0.4, 0.5) is 17.6 Å². The van der Waals surface area contributed by atoms with Gasteiger partial charge in [-0.25, -0.2) is 4.39 Å². The predicted octanol–water partition coefficient (Wildman–Crippen LogP) is 6.31. The summed E-state index contributed by atoms with van der Waals surface area (Å²) < 4.78 is 55.8. The van der Waals surface area contributed by atoms with Crippen LogP contribution in [0, 0.1) is 17.7 Å². The lowest BCUT2D eigenvalue weighted by atomic mass is 9.55. The maximum atomic E-state index is 13.9. The van der Waals surface area contributed by atoms with E-state index >= 15 is 0 Å². The second-order valence-corrected chi connectivity index (χ2v) is 10.00. The van der Waals surface area contributed by atoms with Gasteiger partial charge in [-0.05, 0) is 98.0 Å². The molecule has 0 aliphatic heterocycles. The molecule has 2 aromatic rings. The van der Waals surface area contributed by atoms with Crippen molar-refractivity contribution in [3.8, 4) is 5.75 Å². The van der Waals surface area contributed by atoms with Crippen LogP contribution in [-0.2, 0) is 23.1 Å². The van der Waals surface area contributed by atoms with Crippen LogP contribution in [0.25, 0.3) is 0 Å². The number of carboxylic acid groups (broad SMARTS) is 1. The molecule has 8 heteroatoms. The molecule has 2 unspecified atom stereocenters. The predicted molar refractivity (Wildman–Crippen MR) is 131 cm³/mol.